The van der Waals surface area contributed by atoms with Gasteiger partial charge in [0.1, 0.15) is 5.82 Å². The first-order valence-corrected chi connectivity index (χ1v) is 8.15. The van der Waals surface area contributed by atoms with Crippen LogP contribution in [-0.4, -0.2) is 15.7 Å². The second kappa shape index (κ2) is 6.97. The van der Waals surface area contributed by atoms with E-state index in [-0.39, 0.29) is 18.1 Å². The number of carbonyl (C=O) groups is 1. The number of amides is 1. The monoisotopic (exact) mass is 387 g/mol. The molecule has 0 aliphatic carbocycles. The Morgan fingerprint density at radius 1 is 1.25 bits per heavy atom. The van der Waals surface area contributed by atoms with Gasteiger partial charge in [0.2, 0.25) is 5.91 Å². The molecule has 1 amide bonds. The Morgan fingerprint density at radius 3 is 2.75 bits per heavy atom. The largest absolute Gasteiger partial charge is 0.326 e. The Kier molecular flexibility index (Phi) is 4.76. The summed E-state index contributed by atoms with van der Waals surface area (Å²) >= 11 is 3.47. The fourth-order valence-electron chi connectivity index (χ4n) is 2.50. The average Bonchev–Trinajstić information content (AvgIpc) is 2.89. The Labute approximate surface area is 147 Å². The molecular weight excluding hydrogens is 373 g/mol. The summed E-state index contributed by atoms with van der Waals surface area (Å²) in [5.74, 6) is -0.637. The van der Waals surface area contributed by atoms with E-state index in [0.29, 0.717) is 11.3 Å². The van der Waals surface area contributed by atoms with Gasteiger partial charge in [-0.3, -0.25) is 9.48 Å². The van der Waals surface area contributed by atoms with Gasteiger partial charge in [0.25, 0.3) is 0 Å². The van der Waals surface area contributed by atoms with Crippen LogP contribution in [0.3, 0.4) is 0 Å². The summed E-state index contributed by atoms with van der Waals surface area (Å²) in [5.41, 5.74) is 2.87. The van der Waals surface area contributed by atoms with E-state index in [1.54, 1.807) is 35.1 Å². The molecule has 0 aliphatic heterocycles. The molecule has 0 bridgehead atoms. The zero-order valence-electron chi connectivity index (χ0n) is 13.0. The predicted molar refractivity (Wildman–Crippen MR) is 95.1 cm³/mol. The fraction of sp³-hybridized carbons (Fsp3) is 0.111. The standard InChI is InChI=1S/C18H15BrFN3O/c1-23-18(15(19)11-21-23)13-6-4-7-14(9-13)22-17(24)10-12-5-2-3-8-16(12)20/h2-9,11H,10H2,1H3,(H,22,24). The first kappa shape index (κ1) is 16.4. The van der Waals surface area contributed by atoms with Gasteiger partial charge in [-0.2, -0.15) is 5.10 Å². The summed E-state index contributed by atoms with van der Waals surface area (Å²) < 4.78 is 16.3. The molecule has 2 aromatic carbocycles. The molecule has 122 valence electrons. The van der Waals surface area contributed by atoms with Gasteiger partial charge < -0.3 is 5.32 Å². The van der Waals surface area contributed by atoms with Crippen molar-refractivity contribution in [2.24, 2.45) is 7.05 Å². The SMILES string of the molecule is Cn1ncc(Br)c1-c1cccc(NC(=O)Cc2ccccc2F)c1. The molecule has 24 heavy (non-hydrogen) atoms. The summed E-state index contributed by atoms with van der Waals surface area (Å²) in [4.78, 5) is 12.2. The Hall–Kier alpha value is -2.47. The Morgan fingerprint density at radius 2 is 2.04 bits per heavy atom. The predicted octanol–water partition coefficient (Wildman–Crippen LogP) is 4.17. The summed E-state index contributed by atoms with van der Waals surface area (Å²) in [6.07, 6.45) is 1.71. The van der Waals surface area contributed by atoms with Crippen LogP contribution >= 0.6 is 15.9 Å². The normalized spacial score (nSPS) is 10.6. The van der Waals surface area contributed by atoms with Gasteiger partial charge in [-0.1, -0.05) is 30.3 Å². The average molecular weight is 388 g/mol. The van der Waals surface area contributed by atoms with Gasteiger partial charge in [0, 0.05) is 18.3 Å². The van der Waals surface area contributed by atoms with Crippen molar-refractivity contribution in [1.82, 2.24) is 9.78 Å². The van der Waals surface area contributed by atoms with Crippen LogP contribution in [0, 0.1) is 5.82 Å². The molecule has 6 heteroatoms. The van der Waals surface area contributed by atoms with Gasteiger partial charge in [-0.15, -0.1) is 0 Å². The third-order valence-electron chi connectivity index (χ3n) is 3.62. The second-order valence-corrected chi connectivity index (χ2v) is 6.22. The number of aryl methyl sites for hydroxylation is 1. The minimum atomic E-state index is -0.375. The Balaban J connectivity index is 1.78. The minimum Gasteiger partial charge on any atom is -0.326 e. The highest BCUT2D eigenvalue weighted by Gasteiger charge is 2.11. The molecule has 0 atom stereocenters. The third kappa shape index (κ3) is 3.54. The lowest BCUT2D eigenvalue weighted by Gasteiger charge is -2.09. The number of carbonyl (C=O) groups excluding carboxylic acids is 1. The number of nitrogens with zero attached hydrogens (tertiary/aromatic N) is 2. The van der Waals surface area contributed by atoms with E-state index in [4.69, 9.17) is 0 Å². The smallest absolute Gasteiger partial charge is 0.228 e. The van der Waals surface area contributed by atoms with E-state index >= 15 is 0 Å². The van der Waals surface area contributed by atoms with Crippen molar-refractivity contribution in [3.05, 3.63) is 70.6 Å². The van der Waals surface area contributed by atoms with E-state index in [1.165, 1.54) is 6.07 Å². The number of nitrogens with one attached hydrogen (secondary N) is 1. The maximum absolute atomic E-state index is 13.6. The molecular formula is C18H15BrFN3O. The lowest BCUT2D eigenvalue weighted by atomic mass is 10.1. The summed E-state index contributed by atoms with van der Waals surface area (Å²) in [6.45, 7) is 0. The number of aromatic nitrogens is 2. The number of hydrogen-bond donors (Lipinski definition) is 1. The summed E-state index contributed by atoms with van der Waals surface area (Å²) in [6, 6.07) is 13.7. The van der Waals surface area contributed by atoms with Crippen LogP contribution in [0.2, 0.25) is 0 Å². The zero-order chi connectivity index (χ0) is 17.1. The van der Waals surface area contributed by atoms with Gasteiger partial charge in [-0.05, 0) is 39.7 Å². The molecule has 0 saturated heterocycles. The zero-order valence-corrected chi connectivity index (χ0v) is 14.5. The molecule has 4 nitrogen and oxygen atoms in total. The molecule has 0 aliphatic rings. The van der Waals surface area contributed by atoms with Crippen molar-refractivity contribution in [3.8, 4) is 11.3 Å². The van der Waals surface area contributed by atoms with Crippen LogP contribution < -0.4 is 5.32 Å². The molecule has 0 saturated carbocycles. The Bertz CT molecular complexity index is 872. The van der Waals surface area contributed by atoms with Crippen molar-refractivity contribution in [2.45, 2.75) is 6.42 Å². The van der Waals surface area contributed by atoms with Crippen molar-refractivity contribution in [3.63, 3.8) is 0 Å². The minimum absolute atomic E-state index is 0.00763. The fourth-order valence-corrected chi connectivity index (χ4v) is 3.08. The summed E-state index contributed by atoms with van der Waals surface area (Å²) in [7, 11) is 1.85. The first-order chi connectivity index (χ1) is 11.5. The topological polar surface area (TPSA) is 46.9 Å². The quantitative estimate of drug-likeness (QED) is 0.729. The maximum Gasteiger partial charge on any atom is 0.228 e. The highest BCUT2D eigenvalue weighted by atomic mass is 79.9. The van der Waals surface area contributed by atoms with E-state index in [2.05, 4.69) is 26.3 Å². The number of halogens is 2. The van der Waals surface area contributed by atoms with Crippen LogP contribution in [0.1, 0.15) is 5.56 Å². The highest BCUT2D eigenvalue weighted by Crippen LogP contribution is 2.29. The molecule has 0 radical (unpaired) electrons. The van der Waals surface area contributed by atoms with Crippen LogP contribution in [0.5, 0.6) is 0 Å². The maximum atomic E-state index is 13.6. The van der Waals surface area contributed by atoms with Gasteiger partial charge in [-0.25, -0.2) is 4.39 Å². The molecule has 0 unspecified atom stereocenters. The van der Waals surface area contributed by atoms with Gasteiger partial charge >= 0.3 is 0 Å². The molecule has 0 fully saturated rings. The van der Waals surface area contributed by atoms with Crippen molar-refractivity contribution in [2.75, 3.05) is 5.32 Å². The molecule has 1 N–H and O–H groups in total. The van der Waals surface area contributed by atoms with Crippen molar-refractivity contribution >= 4 is 27.5 Å². The van der Waals surface area contributed by atoms with E-state index in [0.717, 1.165) is 15.7 Å². The summed E-state index contributed by atoms with van der Waals surface area (Å²) in [5, 5.41) is 7.00. The van der Waals surface area contributed by atoms with Crippen LogP contribution in [0.25, 0.3) is 11.3 Å². The third-order valence-corrected chi connectivity index (χ3v) is 4.20. The van der Waals surface area contributed by atoms with Crippen molar-refractivity contribution in [1.29, 1.82) is 0 Å². The first-order valence-electron chi connectivity index (χ1n) is 7.36. The second-order valence-electron chi connectivity index (χ2n) is 5.36. The van der Waals surface area contributed by atoms with Gasteiger partial charge in [0.05, 0.1) is 22.8 Å². The van der Waals surface area contributed by atoms with E-state index in [9.17, 15) is 9.18 Å². The lowest BCUT2D eigenvalue weighted by Crippen LogP contribution is -2.15. The van der Waals surface area contributed by atoms with Crippen LogP contribution in [0.15, 0.2) is 59.2 Å². The van der Waals surface area contributed by atoms with Gasteiger partial charge in [0.15, 0.2) is 0 Å². The number of hydrogen-bond acceptors (Lipinski definition) is 2. The molecule has 3 rings (SSSR count). The van der Waals surface area contributed by atoms with E-state index in [1.807, 2.05) is 25.2 Å². The lowest BCUT2D eigenvalue weighted by molar-refractivity contribution is -0.115. The van der Waals surface area contributed by atoms with Crippen LogP contribution in [0.4, 0.5) is 10.1 Å². The number of rotatable bonds is 4. The molecule has 0 spiro atoms. The number of anilines is 1. The van der Waals surface area contributed by atoms with Crippen molar-refractivity contribution < 1.29 is 9.18 Å². The highest BCUT2D eigenvalue weighted by molar-refractivity contribution is 9.10. The van der Waals surface area contributed by atoms with E-state index < -0.39 is 0 Å². The molecule has 3 aromatic rings. The van der Waals surface area contributed by atoms with Crippen LogP contribution in [-0.2, 0) is 18.3 Å². The molecule has 1 heterocycles. The molecule has 1 aromatic heterocycles. The number of benzene rings is 2.